The lowest BCUT2D eigenvalue weighted by atomic mass is 9.94. The standard InChI is InChI=1S/C26H29NO4/c1-27(2)15-16-30-24-13-14-25(22(18-24)17-20-7-5-4-6-8-20)21-9-11-23(12-10-21)31-19-26(28)29-3/h4-14,18H,15-17,19H2,1-3H3. The maximum atomic E-state index is 11.3. The summed E-state index contributed by atoms with van der Waals surface area (Å²) in [4.78, 5) is 13.4. The molecule has 0 N–H and O–H groups in total. The van der Waals surface area contributed by atoms with Gasteiger partial charge in [-0.1, -0.05) is 48.5 Å². The number of hydrogen-bond acceptors (Lipinski definition) is 5. The van der Waals surface area contributed by atoms with Crippen LogP contribution in [0.3, 0.4) is 0 Å². The quantitative estimate of drug-likeness (QED) is 0.455. The first-order chi connectivity index (χ1) is 15.0. The van der Waals surface area contributed by atoms with Gasteiger partial charge in [-0.3, -0.25) is 0 Å². The molecule has 31 heavy (non-hydrogen) atoms. The molecule has 0 aliphatic rings. The summed E-state index contributed by atoms with van der Waals surface area (Å²) in [7, 11) is 5.41. The number of hydrogen-bond donors (Lipinski definition) is 0. The summed E-state index contributed by atoms with van der Waals surface area (Å²) in [6, 6.07) is 24.4. The van der Waals surface area contributed by atoms with Crippen LogP contribution in [-0.2, 0) is 16.0 Å². The van der Waals surface area contributed by atoms with E-state index in [-0.39, 0.29) is 6.61 Å². The average molecular weight is 420 g/mol. The number of esters is 1. The Hall–Kier alpha value is -3.31. The van der Waals surface area contributed by atoms with Gasteiger partial charge in [0.05, 0.1) is 7.11 Å². The van der Waals surface area contributed by atoms with Crippen LogP contribution in [0.4, 0.5) is 0 Å². The molecule has 0 bridgehead atoms. The molecule has 0 saturated heterocycles. The average Bonchev–Trinajstić information content (AvgIpc) is 2.78. The first-order valence-corrected chi connectivity index (χ1v) is 10.3. The van der Waals surface area contributed by atoms with E-state index in [4.69, 9.17) is 9.47 Å². The molecule has 162 valence electrons. The summed E-state index contributed by atoms with van der Waals surface area (Å²) in [6.07, 6.45) is 0.807. The highest BCUT2D eigenvalue weighted by Gasteiger charge is 2.10. The molecule has 0 aliphatic heterocycles. The van der Waals surface area contributed by atoms with Crippen LogP contribution in [-0.4, -0.2) is 51.8 Å². The van der Waals surface area contributed by atoms with Gasteiger partial charge in [-0.05, 0) is 67.0 Å². The summed E-state index contributed by atoms with van der Waals surface area (Å²) >= 11 is 0. The highest BCUT2D eigenvalue weighted by Crippen LogP contribution is 2.30. The fourth-order valence-electron chi connectivity index (χ4n) is 3.18. The molecular weight excluding hydrogens is 390 g/mol. The third-order valence-corrected chi connectivity index (χ3v) is 4.87. The van der Waals surface area contributed by atoms with E-state index in [0.717, 1.165) is 29.8 Å². The number of likely N-dealkylation sites (N-methyl/N-ethyl adjacent to an activating group) is 1. The van der Waals surface area contributed by atoms with Crippen molar-refractivity contribution in [3.63, 3.8) is 0 Å². The molecule has 0 spiro atoms. The predicted molar refractivity (Wildman–Crippen MR) is 123 cm³/mol. The normalized spacial score (nSPS) is 10.7. The van der Waals surface area contributed by atoms with Crippen molar-refractivity contribution in [3.05, 3.63) is 83.9 Å². The number of ether oxygens (including phenoxy) is 3. The second-order valence-electron chi connectivity index (χ2n) is 7.52. The van der Waals surface area contributed by atoms with Crippen molar-refractivity contribution in [2.75, 3.05) is 41.0 Å². The Bertz CT molecular complexity index is 968. The number of rotatable bonds is 10. The van der Waals surface area contributed by atoms with E-state index in [1.165, 1.54) is 18.2 Å². The van der Waals surface area contributed by atoms with Crippen LogP contribution >= 0.6 is 0 Å². The number of benzene rings is 3. The lowest BCUT2D eigenvalue weighted by Gasteiger charge is -2.15. The molecule has 0 fully saturated rings. The third-order valence-electron chi connectivity index (χ3n) is 4.87. The molecule has 0 radical (unpaired) electrons. The van der Waals surface area contributed by atoms with Crippen molar-refractivity contribution < 1.29 is 19.0 Å². The van der Waals surface area contributed by atoms with E-state index in [1.54, 1.807) is 0 Å². The summed E-state index contributed by atoms with van der Waals surface area (Å²) in [5.41, 5.74) is 4.66. The van der Waals surface area contributed by atoms with Gasteiger partial charge in [0.15, 0.2) is 6.61 Å². The zero-order valence-corrected chi connectivity index (χ0v) is 18.3. The van der Waals surface area contributed by atoms with Gasteiger partial charge in [-0.15, -0.1) is 0 Å². The molecular formula is C26H29NO4. The molecule has 3 aromatic rings. The lowest BCUT2D eigenvalue weighted by molar-refractivity contribution is -0.142. The summed E-state index contributed by atoms with van der Waals surface area (Å²) < 4.78 is 16.0. The highest BCUT2D eigenvalue weighted by atomic mass is 16.6. The van der Waals surface area contributed by atoms with Crippen LogP contribution in [0.15, 0.2) is 72.8 Å². The maximum Gasteiger partial charge on any atom is 0.343 e. The minimum atomic E-state index is -0.404. The molecule has 3 aromatic carbocycles. The van der Waals surface area contributed by atoms with Gasteiger partial charge in [-0.25, -0.2) is 4.79 Å². The second kappa shape index (κ2) is 11.2. The van der Waals surface area contributed by atoms with Crippen molar-refractivity contribution >= 4 is 5.97 Å². The Labute approximate surface area is 184 Å². The molecule has 5 heteroatoms. The van der Waals surface area contributed by atoms with Crippen molar-refractivity contribution in [3.8, 4) is 22.6 Å². The molecule has 0 atom stereocenters. The number of carbonyl (C=O) groups is 1. The Kier molecular flexibility index (Phi) is 8.07. The van der Waals surface area contributed by atoms with E-state index in [2.05, 4.69) is 46.0 Å². The highest BCUT2D eigenvalue weighted by molar-refractivity contribution is 5.71. The molecule has 0 heterocycles. The molecule has 0 unspecified atom stereocenters. The second-order valence-corrected chi connectivity index (χ2v) is 7.52. The van der Waals surface area contributed by atoms with Gasteiger partial charge >= 0.3 is 5.97 Å². The van der Waals surface area contributed by atoms with Gasteiger partial charge in [0.25, 0.3) is 0 Å². The van der Waals surface area contributed by atoms with Gasteiger partial charge in [0.1, 0.15) is 18.1 Å². The van der Waals surface area contributed by atoms with E-state index in [0.29, 0.717) is 12.4 Å². The van der Waals surface area contributed by atoms with E-state index < -0.39 is 5.97 Å². The number of carbonyl (C=O) groups excluding carboxylic acids is 1. The largest absolute Gasteiger partial charge is 0.492 e. The molecule has 0 saturated carbocycles. The Balaban J connectivity index is 1.82. The van der Waals surface area contributed by atoms with Gasteiger partial charge in [0, 0.05) is 6.54 Å². The summed E-state index contributed by atoms with van der Waals surface area (Å²) in [5, 5.41) is 0. The monoisotopic (exact) mass is 419 g/mol. The third kappa shape index (κ3) is 6.86. The summed E-state index contributed by atoms with van der Waals surface area (Å²) in [5.74, 6) is 1.09. The molecule has 5 nitrogen and oxygen atoms in total. The Morgan fingerprint density at radius 2 is 1.58 bits per heavy atom. The van der Waals surface area contributed by atoms with E-state index >= 15 is 0 Å². The van der Waals surface area contributed by atoms with E-state index in [1.807, 2.05) is 50.5 Å². The zero-order chi connectivity index (χ0) is 22.1. The van der Waals surface area contributed by atoms with Crippen LogP contribution < -0.4 is 9.47 Å². The fraction of sp³-hybridized carbons (Fsp3) is 0.269. The van der Waals surface area contributed by atoms with Crippen molar-refractivity contribution in [1.29, 1.82) is 0 Å². The first-order valence-electron chi connectivity index (χ1n) is 10.3. The molecule has 0 amide bonds. The van der Waals surface area contributed by atoms with Gasteiger partial charge in [0.2, 0.25) is 0 Å². The van der Waals surface area contributed by atoms with Crippen molar-refractivity contribution in [1.82, 2.24) is 4.90 Å². The zero-order valence-electron chi connectivity index (χ0n) is 18.3. The minimum Gasteiger partial charge on any atom is -0.492 e. The van der Waals surface area contributed by atoms with Crippen LogP contribution in [0.1, 0.15) is 11.1 Å². The lowest BCUT2D eigenvalue weighted by Crippen LogP contribution is -2.19. The molecule has 0 aromatic heterocycles. The van der Waals surface area contributed by atoms with Crippen molar-refractivity contribution in [2.45, 2.75) is 6.42 Å². The summed E-state index contributed by atoms with van der Waals surface area (Å²) in [6.45, 7) is 1.40. The van der Waals surface area contributed by atoms with Crippen LogP contribution in [0.5, 0.6) is 11.5 Å². The maximum absolute atomic E-state index is 11.3. The smallest absolute Gasteiger partial charge is 0.343 e. The Morgan fingerprint density at radius 3 is 2.26 bits per heavy atom. The fourth-order valence-corrected chi connectivity index (χ4v) is 3.18. The predicted octanol–water partition coefficient (Wildman–Crippen LogP) is 4.44. The van der Waals surface area contributed by atoms with E-state index in [9.17, 15) is 4.79 Å². The van der Waals surface area contributed by atoms with Crippen LogP contribution in [0, 0.1) is 0 Å². The van der Waals surface area contributed by atoms with Crippen molar-refractivity contribution in [2.24, 2.45) is 0 Å². The number of methoxy groups -OCH3 is 1. The SMILES string of the molecule is COC(=O)COc1ccc(-c2ccc(OCCN(C)C)cc2Cc2ccccc2)cc1. The van der Waals surface area contributed by atoms with Gasteiger partial charge < -0.3 is 19.1 Å². The Morgan fingerprint density at radius 1 is 0.871 bits per heavy atom. The molecule has 3 rings (SSSR count). The molecule has 0 aliphatic carbocycles. The topological polar surface area (TPSA) is 48.0 Å². The number of nitrogens with zero attached hydrogens (tertiary/aromatic N) is 1. The van der Waals surface area contributed by atoms with Gasteiger partial charge in [-0.2, -0.15) is 0 Å². The van der Waals surface area contributed by atoms with Crippen LogP contribution in [0.2, 0.25) is 0 Å². The minimum absolute atomic E-state index is 0.103. The first kappa shape index (κ1) is 22.4. The van der Waals surface area contributed by atoms with Crippen LogP contribution in [0.25, 0.3) is 11.1 Å².